The minimum atomic E-state index is -0.304. The molecule has 1 aromatic heterocycles. The van der Waals surface area contributed by atoms with Gasteiger partial charge in [0.1, 0.15) is 21.8 Å². The molecule has 0 unspecified atom stereocenters. The Morgan fingerprint density at radius 2 is 2.00 bits per heavy atom. The van der Waals surface area contributed by atoms with Crippen molar-refractivity contribution in [2.24, 2.45) is 0 Å². The van der Waals surface area contributed by atoms with Crippen LogP contribution in [0.5, 0.6) is 0 Å². The lowest BCUT2D eigenvalue weighted by Crippen LogP contribution is -1.76. The summed E-state index contributed by atoms with van der Waals surface area (Å²) >= 11 is 6.92. The van der Waals surface area contributed by atoms with Crippen LogP contribution in [0, 0.1) is 17.1 Å². The fraction of sp³-hybridized carbons (Fsp3) is 0. The van der Waals surface area contributed by atoms with Gasteiger partial charge in [-0.05, 0) is 24.3 Å². The highest BCUT2D eigenvalue weighted by molar-refractivity contribution is 7.16. The predicted molar refractivity (Wildman–Crippen MR) is 57.2 cm³/mol. The van der Waals surface area contributed by atoms with Crippen molar-refractivity contribution >= 4 is 22.9 Å². The van der Waals surface area contributed by atoms with Crippen LogP contribution in [0.3, 0.4) is 0 Å². The second-order valence-corrected chi connectivity index (χ2v) is 4.11. The molecule has 74 valence electrons. The van der Waals surface area contributed by atoms with E-state index in [0.29, 0.717) is 9.88 Å². The zero-order valence-electron chi connectivity index (χ0n) is 7.37. The fourth-order valence-corrected chi connectivity index (χ4v) is 2.14. The zero-order chi connectivity index (χ0) is 10.8. The summed E-state index contributed by atoms with van der Waals surface area (Å²) in [5, 5.41) is 9.52. The molecule has 0 radical (unpaired) electrons. The van der Waals surface area contributed by atoms with E-state index in [1.807, 2.05) is 6.07 Å². The maximum absolute atomic E-state index is 12.7. The highest BCUT2D eigenvalue weighted by Crippen LogP contribution is 2.30. The Balaban J connectivity index is 2.46. The molecule has 0 spiro atoms. The van der Waals surface area contributed by atoms with Crippen LogP contribution in [0.4, 0.5) is 4.39 Å². The molecule has 0 amide bonds. The van der Waals surface area contributed by atoms with Crippen LogP contribution in [0.2, 0.25) is 5.15 Å². The molecule has 1 aromatic carbocycles. The van der Waals surface area contributed by atoms with Gasteiger partial charge in [-0.2, -0.15) is 5.26 Å². The summed E-state index contributed by atoms with van der Waals surface area (Å²) in [6, 6.07) is 7.84. The first kappa shape index (κ1) is 10.1. The van der Waals surface area contributed by atoms with E-state index in [2.05, 4.69) is 4.98 Å². The van der Waals surface area contributed by atoms with E-state index in [-0.39, 0.29) is 11.0 Å². The van der Waals surface area contributed by atoms with E-state index >= 15 is 0 Å². The van der Waals surface area contributed by atoms with Crippen molar-refractivity contribution in [2.45, 2.75) is 0 Å². The third-order valence-corrected chi connectivity index (χ3v) is 3.17. The van der Waals surface area contributed by atoms with Crippen molar-refractivity contribution in [3.05, 3.63) is 40.1 Å². The van der Waals surface area contributed by atoms with E-state index in [4.69, 9.17) is 16.9 Å². The van der Waals surface area contributed by atoms with Gasteiger partial charge in [-0.1, -0.05) is 11.6 Å². The van der Waals surface area contributed by atoms with Crippen LogP contribution < -0.4 is 0 Å². The van der Waals surface area contributed by atoms with Gasteiger partial charge < -0.3 is 0 Å². The molecule has 0 atom stereocenters. The molecule has 5 heteroatoms. The van der Waals surface area contributed by atoms with E-state index in [1.54, 1.807) is 12.1 Å². The molecule has 0 aliphatic heterocycles. The van der Waals surface area contributed by atoms with Gasteiger partial charge in [0.05, 0.1) is 0 Å². The van der Waals surface area contributed by atoms with Gasteiger partial charge in [-0.3, -0.25) is 0 Å². The van der Waals surface area contributed by atoms with Gasteiger partial charge in [-0.25, -0.2) is 9.37 Å². The fourth-order valence-electron chi connectivity index (χ4n) is 1.09. The van der Waals surface area contributed by atoms with Crippen LogP contribution in [0.1, 0.15) is 4.88 Å². The molecular formula is C10H4ClFN2S. The minimum absolute atomic E-state index is 0.196. The Morgan fingerprint density at radius 3 is 2.53 bits per heavy atom. The maximum Gasteiger partial charge on any atom is 0.158 e. The van der Waals surface area contributed by atoms with Gasteiger partial charge >= 0.3 is 0 Å². The molecule has 0 aliphatic carbocycles. The molecule has 0 fully saturated rings. The summed E-state index contributed by atoms with van der Waals surface area (Å²) in [5.74, 6) is -0.304. The van der Waals surface area contributed by atoms with Gasteiger partial charge in [-0.15, -0.1) is 11.3 Å². The minimum Gasteiger partial charge on any atom is -0.223 e. The predicted octanol–water partition coefficient (Wildman–Crippen LogP) is 3.47. The van der Waals surface area contributed by atoms with Crippen molar-refractivity contribution in [2.75, 3.05) is 0 Å². The Hall–Kier alpha value is -1.44. The molecule has 2 nitrogen and oxygen atoms in total. The van der Waals surface area contributed by atoms with Gasteiger partial charge in [0.25, 0.3) is 0 Å². The third-order valence-electron chi connectivity index (χ3n) is 1.78. The molecular weight excluding hydrogens is 235 g/mol. The number of thiazole rings is 1. The molecule has 0 bridgehead atoms. The van der Waals surface area contributed by atoms with Crippen molar-refractivity contribution < 1.29 is 4.39 Å². The number of nitriles is 1. The first-order valence-electron chi connectivity index (χ1n) is 4.03. The molecule has 2 aromatic rings. The number of aromatic nitrogens is 1. The Labute approximate surface area is 94.6 Å². The third kappa shape index (κ3) is 1.99. The SMILES string of the molecule is N#Cc1sc(-c2ccc(F)cc2)nc1Cl. The first-order chi connectivity index (χ1) is 7.20. The quantitative estimate of drug-likeness (QED) is 0.763. The first-order valence-corrected chi connectivity index (χ1v) is 5.22. The number of rotatable bonds is 1. The lowest BCUT2D eigenvalue weighted by atomic mass is 10.2. The van der Waals surface area contributed by atoms with Crippen LogP contribution in [0.25, 0.3) is 10.6 Å². The van der Waals surface area contributed by atoms with Crippen LogP contribution in [-0.4, -0.2) is 4.98 Å². The van der Waals surface area contributed by atoms with E-state index in [1.165, 1.54) is 23.5 Å². The van der Waals surface area contributed by atoms with Crippen LogP contribution in [0.15, 0.2) is 24.3 Å². The second kappa shape index (κ2) is 3.97. The normalized spacial score (nSPS) is 9.93. The average molecular weight is 239 g/mol. The summed E-state index contributed by atoms with van der Waals surface area (Å²) < 4.78 is 12.7. The van der Waals surface area contributed by atoms with Crippen molar-refractivity contribution in [3.63, 3.8) is 0 Å². The lowest BCUT2D eigenvalue weighted by molar-refractivity contribution is 0.628. The molecule has 0 N–H and O–H groups in total. The number of hydrogen-bond acceptors (Lipinski definition) is 3. The molecule has 0 saturated heterocycles. The molecule has 1 heterocycles. The highest BCUT2D eigenvalue weighted by atomic mass is 35.5. The van der Waals surface area contributed by atoms with Crippen molar-refractivity contribution in [1.29, 1.82) is 5.26 Å². The summed E-state index contributed by atoms with van der Waals surface area (Å²) in [4.78, 5) is 4.39. The number of nitrogens with zero attached hydrogens (tertiary/aromatic N) is 2. The Morgan fingerprint density at radius 1 is 1.33 bits per heavy atom. The zero-order valence-corrected chi connectivity index (χ0v) is 8.94. The summed E-state index contributed by atoms with van der Waals surface area (Å²) in [5.41, 5.74) is 0.754. The van der Waals surface area contributed by atoms with Crippen molar-refractivity contribution in [1.82, 2.24) is 4.98 Å². The van der Waals surface area contributed by atoms with Gasteiger partial charge in [0.2, 0.25) is 0 Å². The summed E-state index contributed by atoms with van der Waals surface area (Å²) in [7, 11) is 0. The van der Waals surface area contributed by atoms with Gasteiger partial charge in [0.15, 0.2) is 5.15 Å². The average Bonchev–Trinajstić information content (AvgIpc) is 2.61. The smallest absolute Gasteiger partial charge is 0.158 e. The lowest BCUT2D eigenvalue weighted by Gasteiger charge is -1.93. The van der Waals surface area contributed by atoms with E-state index < -0.39 is 0 Å². The molecule has 0 saturated carbocycles. The topological polar surface area (TPSA) is 36.7 Å². The number of halogens is 2. The summed E-state index contributed by atoms with van der Waals surface area (Å²) in [6.45, 7) is 0. The largest absolute Gasteiger partial charge is 0.223 e. The maximum atomic E-state index is 12.7. The van der Waals surface area contributed by atoms with E-state index in [9.17, 15) is 4.39 Å². The number of benzene rings is 1. The molecule has 2 rings (SSSR count). The van der Waals surface area contributed by atoms with Crippen LogP contribution >= 0.6 is 22.9 Å². The van der Waals surface area contributed by atoms with E-state index in [0.717, 1.165) is 5.56 Å². The molecule has 0 aliphatic rings. The molecule has 15 heavy (non-hydrogen) atoms. The summed E-state index contributed by atoms with van der Waals surface area (Å²) in [6.07, 6.45) is 0. The second-order valence-electron chi connectivity index (χ2n) is 2.76. The van der Waals surface area contributed by atoms with Gasteiger partial charge in [0, 0.05) is 5.56 Å². The monoisotopic (exact) mass is 238 g/mol. The Bertz CT molecular complexity index is 527. The highest BCUT2D eigenvalue weighted by Gasteiger charge is 2.09. The van der Waals surface area contributed by atoms with Crippen molar-refractivity contribution in [3.8, 4) is 16.6 Å². The van der Waals surface area contributed by atoms with Crippen LogP contribution in [-0.2, 0) is 0 Å². The Kier molecular flexibility index (Phi) is 2.67. The number of hydrogen-bond donors (Lipinski definition) is 0. The standard InChI is InChI=1S/C10H4ClFN2S/c11-9-8(5-13)15-10(14-9)6-1-3-7(12)4-2-6/h1-4H.